The number of methoxy groups -OCH3 is 1. The van der Waals surface area contributed by atoms with Gasteiger partial charge in [0.15, 0.2) is 0 Å². The van der Waals surface area contributed by atoms with Gasteiger partial charge in [0.05, 0.1) is 7.11 Å². The first-order valence-corrected chi connectivity index (χ1v) is 8.97. The van der Waals surface area contributed by atoms with E-state index in [1.54, 1.807) is 26.2 Å². The molecule has 0 saturated carbocycles. The van der Waals surface area contributed by atoms with Gasteiger partial charge in [-0.05, 0) is 56.7 Å². The molecule has 1 aromatic heterocycles. The zero-order valence-corrected chi connectivity index (χ0v) is 16.4. The first-order valence-electron chi connectivity index (χ1n) is 8.97. The topological polar surface area (TPSA) is 73.2 Å². The van der Waals surface area contributed by atoms with Crippen molar-refractivity contribution in [3.05, 3.63) is 75.7 Å². The van der Waals surface area contributed by atoms with Crippen LogP contribution in [0.5, 0.6) is 5.75 Å². The second kappa shape index (κ2) is 8.08. The molecule has 1 N–H and O–H groups in total. The van der Waals surface area contributed by atoms with E-state index >= 15 is 0 Å². The van der Waals surface area contributed by atoms with Gasteiger partial charge < -0.3 is 10.1 Å². The maximum Gasteiger partial charge on any atom is 0.254 e. The van der Waals surface area contributed by atoms with Crippen molar-refractivity contribution in [1.29, 1.82) is 0 Å². The predicted molar refractivity (Wildman–Crippen MR) is 110 cm³/mol. The summed E-state index contributed by atoms with van der Waals surface area (Å²) in [5.41, 5.74) is 3.89. The summed E-state index contributed by atoms with van der Waals surface area (Å²) < 4.78 is 6.56. The Kier molecular flexibility index (Phi) is 5.59. The summed E-state index contributed by atoms with van der Waals surface area (Å²) in [4.78, 5) is 29.7. The number of nitrogens with zero attached hydrogens (tertiary/aromatic N) is 2. The van der Waals surface area contributed by atoms with Crippen LogP contribution in [0.4, 0.5) is 5.69 Å². The third kappa shape index (κ3) is 4.28. The Balaban J connectivity index is 1.92. The lowest BCUT2D eigenvalue weighted by Crippen LogP contribution is -2.29. The van der Waals surface area contributed by atoms with Crippen molar-refractivity contribution in [2.24, 2.45) is 0 Å². The third-order valence-corrected chi connectivity index (χ3v) is 4.44. The summed E-state index contributed by atoms with van der Waals surface area (Å²) in [7, 11) is 1.59. The van der Waals surface area contributed by atoms with Gasteiger partial charge in [0.1, 0.15) is 18.1 Å². The van der Waals surface area contributed by atoms with Crippen LogP contribution in [0.2, 0.25) is 0 Å². The van der Waals surface area contributed by atoms with Crippen LogP contribution in [-0.2, 0) is 11.3 Å². The van der Waals surface area contributed by atoms with E-state index in [0.29, 0.717) is 17.3 Å². The molecule has 6 heteroatoms. The number of hydrogen-bond donors (Lipinski definition) is 1. The summed E-state index contributed by atoms with van der Waals surface area (Å²) in [5.74, 6) is 0.871. The van der Waals surface area contributed by atoms with Crippen LogP contribution in [-0.4, -0.2) is 22.6 Å². The van der Waals surface area contributed by atoms with Crippen molar-refractivity contribution in [2.75, 3.05) is 12.4 Å². The van der Waals surface area contributed by atoms with Gasteiger partial charge in [-0.3, -0.25) is 14.2 Å². The molecule has 28 heavy (non-hydrogen) atoms. The smallest absolute Gasteiger partial charge is 0.254 e. The van der Waals surface area contributed by atoms with E-state index in [9.17, 15) is 9.59 Å². The van der Waals surface area contributed by atoms with Crippen LogP contribution < -0.4 is 15.6 Å². The molecule has 0 aliphatic heterocycles. The number of aryl methyl sites for hydroxylation is 3. The van der Waals surface area contributed by atoms with Gasteiger partial charge >= 0.3 is 0 Å². The summed E-state index contributed by atoms with van der Waals surface area (Å²) in [6.07, 6.45) is 0. The van der Waals surface area contributed by atoms with Crippen LogP contribution in [0.1, 0.15) is 16.8 Å². The van der Waals surface area contributed by atoms with Crippen LogP contribution in [0.15, 0.2) is 53.3 Å². The Hall–Kier alpha value is -3.41. The van der Waals surface area contributed by atoms with Crippen molar-refractivity contribution in [1.82, 2.24) is 9.55 Å². The number of anilines is 1. The van der Waals surface area contributed by atoms with E-state index in [4.69, 9.17) is 4.74 Å². The zero-order chi connectivity index (χ0) is 20.3. The molecule has 0 bridgehead atoms. The molecule has 1 amide bonds. The lowest BCUT2D eigenvalue weighted by Gasteiger charge is -2.14. The Morgan fingerprint density at radius 2 is 1.79 bits per heavy atom. The number of aromatic nitrogens is 2. The lowest BCUT2D eigenvalue weighted by atomic mass is 10.1. The molecular weight excluding hydrogens is 354 g/mol. The minimum Gasteiger partial charge on any atom is -0.497 e. The third-order valence-electron chi connectivity index (χ3n) is 4.44. The molecule has 6 nitrogen and oxygen atoms in total. The second-order valence-electron chi connectivity index (χ2n) is 6.74. The fourth-order valence-electron chi connectivity index (χ4n) is 3.02. The highest BCUT2D eigenvalue weighted by molar-refractivity contribution is 5.91. The first-order chi connectivity index (χ1) is 13.4. The minimum atomic E-state index is -0.283. The zero-order valence-electron chi connectivity index (χ0n) is 16.4. The van der Waals surface area contributed by atoms with E-state index in [0.717, 1.165) is 22.4 Å². The predicted octanol–water partition coefficient (Wildman–Crippen LogP) is 3.48. The molecular formula is C22H23N3O3. The summed E-state index contributed by atoms with van der Waals surface area (Å²) in [5, 5.41) is 2.88. The quantitative estimate of drug-likeness (QED) is 0.739. The maximum atomic E-state index is 12.6. The SMILES string of the molecule is COc1ccc(-c2nc(C)cc(=O)n2CC(=O)Nc2ccc(C)cc2C)cc1. The van der Waals surface area contributed by atoms with Gasteiger partial charge in [0.25, 0.3) is 5.56 Å². The number of carbonyl (C=O) groups excluding carboxylic acids is 1. The highest BCUT2D eigenvalue weighted by Gasteiger charge is 2.14. The van der Waals surface area contributed by atoms with Gasteiger partial charge in [-0.1, -0.05) is 17.7 Å². The lowest BCUT2D eigenvalue weighted by molar-refractivity contribution is -0.116. The standard InChI is InChI=1S/C22H23N3O3/c1-14-5-10-19(15(2)11-14)24-20(26)13-25-21(27)12-16(3)23-22(25)17-6-8-18(28-4)9-7-17/h5-12H,13H2,1-4H3,(H,24,26). The summed E-state index contributed by atoms with van der Waals surface area (Å²) in [6.45, 7) is 5.57. The van der Waals surface area contributed by atoms with E-state index in [-0.39, 0.29) is 18.0 Å². The molecule has 0 radical (unpaired) electrons. The minimum absolute atomic E-state index is 0.124. The van der Waals surface area contributed by atoms with Gasteiger partial charge in [-0.2, -0.15) is 0 Å². The van der Waals surface area contributed by atoms with Crippen molar-refractivity contribution in [2.45, 2.75) is 27.3 Å². The molecule has 0 spiro atoms. The number of rotatable bonds is 5. The van der Waals surface area contributed by atoms with Crippen LogP contribution >= 0.6 is 0 Å². The number of ether oxygens (including phenoxy) is 1. The molecule has 0 saturated heterocycles. The summed E-state index contributed by atoms with van der Waals surface area (Å²) >= 11 is 0. The normalized spacial score (nSPS) is 10.6. The van der Waals surface area contributed by atoms with Crippen molar-refractivity contribution < 1.29 is 9.53 Å². The number of carbonyl (C=O) groups is 1. The summed E-state index contributed by atoms with van der Waals surface area (Å²) in [6, 6.07) is 14.5. The molecule has 2 aromatic carbocycles. The molecule has 144 valence electrons. The van der Waals surface area contributed by atoms with Gasteiger partial charge in [0, 0.05) is 23.0 Å². The number of nitrogens with one attached hydrogen (secondary N) is 1. The fraction of sp³-hybridized carbons (Fsp3) is 0.227. The van der Waals surface area contributed by atoms with Gasteiger partial charge in [0.2, 0.25) is 5.91 Å². The Labute approximate surface area is 163 Å². The molecule has 3 aromatic rings. The maximum absolute atomic E-state index is 12.6. The van der Waals surface area contributed by atoms with Gasteiger partial charge in [-0.25, -0.2) is 4.98 Å². The highest BCUT2D eigenvalue weighted by atomic mass is 16.5. The number of amides is 1. The second-order valence-corrected chi connectivity index (χ2v) is 6.74. The fourth-order valence-corrected chi connectivity index (χ4v) is 3.02. The Morgan fingerprint density at radius 3 is 2.43 bits per heavy atom. The highest BCUT2D eigenvalue weighted by Crippen LogP contribution is 2.21. The molecule has 0 fully saturated rings. The monoisotopic (exact) mass is 377 g/mol. The van der Waals surface area contributed by atoms with Crippen LogP contribution in [0.3, 0.4) is 0 Å². The number of benzene rings is 2. The molecule has 0 atom stereocenters. The van der Waals surface area contributed by atoms with Crippen LogP contribution in [0, 0.1) is 20.8 Å². The van der Waals surface area contributed by atoms with E-state index in [2.05, 4.69) is 10.3 Å². The molecule has 0 aliphatic carbocycles. The van der Waals surface area contributed by atoms with Gasteiger partial charge in [-0.15, -0.1) is 0 Å². The molecule has 0 unspecified atom stereocenters. The first kappa shape index (κ1) is 19.4. The largest absolute Gasteiger partial charge is 0.497 e. The van der Waals surface area contributed by atoms with Crippen molar-refractivity contribution in [3.8, 4) is 17.1 Å². The van der Waals surface area contributed by atoms with E-state index in [1.165, 1.54) is 10.6 Å². The van der Waals surface area contributed by atoms with E-state index < -0.39 is 0 Å². The average Bonchev–Trinajstić information content (AvgIpc) is 2.66. The Morgan fingerprint density at radius 1 is 1.07 bits per heavy atom. The van der Waals surface area contributed by atoms with Crippen molar-refractivity contribution >= 4 is 11.6 Å². The van der Waals surface area contributed by atoms with Crippen LogP contribution in [0.25, 0.3) is 11.4 Å². The molecule has 1 heterocycles. The average molecular weight is 377 g/mol. The van der Waals surface area contributed by atoms with E-state index in [1.807, 2.05) is 44.2 Å². The molecule has 0 aliphatic rings. The number of hydrogen-bond acceptors (Lipinski definition) is 4. The Bertz CT molecular complexity index is 1070. The van der Waals surface area contributed by atoms with Crippen molar-refractivity contribution in [3.63, 3.8) is 0 Å². The molecule has 3 rings (SSSR count).